The number of nitrogens with zero attached hydrogens (tertiary/aromatic N) is 2. The lowest BCUT2D eigenvalue weighted by Crippen LogP contribution is -2.35. The first-order chi connectivity index (χ1) is 9.15. The summed E-state index contributed by atoms with van der Waals surface area (Å²) in [7, 11) is 0. The lowest BCUT2D eigenvalue weighted by atomic mass is 10.2. The number of carbonyl (C=O) groups is 2. The number of aromatic carboxylic acids is 1. The first-order valence-electron chi connectivity index (χ1n) is 6.66. The van der Waals surface area contributed by atoms with Crippen molar-refractivity contribution >= 4 is 11.9 Å². The molecule has 0 radical (unpaired) electrons. The van der Waals surface area contributed by atoms with Crippen LogP contribution in [0.4, 0.5) is 0 Å². The highest BCUT2D eigenvalue weighted by atomic mass is 16.4. The second kappa shape index (κ2) is 4.64. The molecule has 0 saturated heterocycles. The number of pyridine rings is 1. The van der Waals surface area contributed by atoms with Gasteiger partial charge in [0.2, 0.25) is 0 Å². The molecule has 5 nitrogen and oxygen atoms in total. The van der Waals surface area contributed by atoms with Gasteiger partial charge in [-0.25, -0.2) is 9.78 Å². The van der Waals surface area contributed by atoms with Gasteiger partial charge in [0.15, 0.2) is 0 Å². The number of hydrogen-bond donors (Lipinski definition) is 1. The van der Waals surface area contributed by atoms with E-state index in [1.165, 1.54) is 18.9 Å². The van der Waals surface area contributed by atoms with E-state index < -0.39 is 5.97 Å². The molecule has 3 rings (SSSR count). The zero-order valence-electron chi connectivity index (χ0n) is 10.6. The zero-order chi connectivity index (χ0) is 13.4. The van der Waals surface area contributed by atoms with Crippen molar-refractivity contribution in [2.24, 2.45) is 5.92 Å². The van der Waals surface area contributed by atoms with Crippen molar-refractivity contribution in [1.29, 1.82) is 0 Å². The van der Waals surface area contributed by atoms with Crippen LogP contribution in [-0.2, 0) is 0 Å². The zero-order valence-corrected chi connectivity index (χ0v) is 10.6. The second-order valence-electron chi connectivity index (χ2n) is 5.35. The Morgan fingerprint density at radius 2 is 1.89 bits per heavy atom. The molecule has 100 valence electrons. The Hall–Kier alpha value is -1.91. The molecule has 2 fully saturated rings. The summed E-state index contributed by atoms with van der Waals surface area (Å²) < 4.78 is 0. The van der Waals surface area contributed by atoms with Gasteiger partial charge in [-0.3, -0.25) is 4.79 Å². The SMILES string of the molecule is O=C(O)c1cccc(C(=O)N(CC2CC2)C2CC2)n1. The number of carboxylic acids is 1. The van der Waals surface area contributed by atoms with Crippen LogP contribution in [0.25, 0.3) is 0 Å². The molecule has 0 aromatic carbocycles. The van der Waals surface area contributed by atoms with E-state index in [4.69, 9.17) is 5.11 Å². The molecule has 1 heterocycles. The van der Waals surface area contributed by atoms with Gasteiger partial charge in [0.25, 0.3) is 5.91 Å². The summed E-state index contributed by atoms with van der Waals surface area (Å²) in [5.41, 5.74) is 0.167. The van der Waals surface area contributed by atoms with Gasteiger partial charge in [-0.1, -0.05) is 6.07 Å². The molecule has 5 heteroatoms. The van der Waals surface area contributed by atoms with Crippen LogP contribution in [0.3, 0.4) is 0 Å². The van der Waals surface area contributed by atoms with E-state index in [9.17, 15) is 9.59 Å². The highest BCUT2D eigenvalue weighted by molar-refractivity contribution is 5.94. The van der Waals surface area contributed by atoms with E-state index in [1.807, 2.05) is 4.90 Å². The van der Waals surface area contributed by atoms with Crippen LogP contribution in [-0.4, -0.2) is 39.5 Å². The minimum absolute atomic E-state index is 0.0759. The molecule has 0 spiro atoms. The molecule has 0 unspecified atom stereocenters. The van der Waals surface area contributed by atoms with Crippen LogP contribution in [0.5, 0.6) is 0 Å². The van der Waals surface area contributed by atoms with Gasteiger partial charge in [-0.15, -0.1) is 0 Å². The molecule has 2 aliphatic rings. The van der Waals surface area contributed by atoms with Crippen molar-refractivity contribution in [3.05, 3.63) is 29.6 Å². The number of carbonyl (C=O) groups excluding carboxylic acids is 1. The number of rotatable bonds is 5. The molecule has 0 aliphatic heterocycles. The standard InChI is InChI=1S/C14H16N2O3/c17-13(11-2-1-3-12(15-11)14(18)19)16(10-6-7-10)8-9-4-5-9/h1-3,9-10H,4-8H2,(H,18,19). The van der Waals surface area contributed by atoms with Gasteiger partial charge in [-0.2, -0.15) is 0 Å². The Bertz CT molecular complexity index is 521. The molecule has 0 atom stereocenters. The highest BCUT2D eigenvalue weighted by Gasteiger charge is 2.37. The number of hydrogen-bond acceptors (Lipinski definition) is 3. The van der Waals surface area contributed by atoms with Crippen molar-refractivity contribution in [2.75, 3.05) is 6.54 Å². The van der Waals surface area contributed by atoms with E-state index in [-0.39, 0.29) is 17.3 Å². The van der Waals surface area contributed by atoms with E-state index in [0.717, 1.165) is 19.4 Å². The quantitative estimate of drug-likeness (QED) is 0.876. The Morgan fingerprint density at radius 3 is 2.47 bits per heavy atom. The molecule has 1 N–H and O–H groups in total. The topological polar surface area (TPSA) is 70.5 Å². The molecule has 1 aromatic heterocycles. The first-order valence-corrected chi connectivity index (χ1v) is 6.66. The Labute approximate surface area is 111 Å². The molecule has 19 heavy (non-hydrogen) atoms. The molecular weight excluding hydrogens is 244 g/mol. The van der Waals surface area contributed by atoms with E-state index in [2.05, 4.69) is 4.98 Å². The number of carboxylic acid groups (broad SMARTS) is 1. The lowest BCUT2D eigenvalue weighted by molar-refractivity contribution is 0.0689. The maximum absolute atomic E-state index is 12.4. The summed E-state index contributed by atoms with van der Waals surface area (Å²) in [6.45, 7) is 0.794. The summed E-state index contributed by atoms with van der Waals surface area (Å²) in [5.74, 6) is -0.598. The van der Waals surface area contributed by atoms with Crippen LogP contribution in [0.2, 0.25) is 0 Å². The van der Waals surface area contributed by atoms with E-state index in [1.54, 1.807) is 12.1 Å². The number of amides is 1. The summed E-state index contributed by atoms with van der Waals surface area (Å²) in [5, 5.41) is 8.92. The van der Waals surface area contributed by atoms with Gasteiger partial charge in [0, 0.05) is 12.6 Å². The normalized spacial score (nSPS) is 18.1. The van der Waals surface area contributed by atoms with Crippen LogP contribution in [0.15, 0.2) is 18.2 Å². The first kappa shape index (κ1) is 12.1. The largest absolute Gasteiger partial charge is 0.477 e. The van der Waals surface area contributed by atoms with Gasteiger partial charge < -0.3 is 10.0 Å². The van der Waals surface area contributed by atoms with Crippen molar-refractivity contribution in [3.8, 4) is 0 Å². The Balaban J connectivity index is 1.80. The molecule has 2 saturated carbocycles. The molecule has 0 bridgehead atoms. The van der Waals surface area contributed by atoms with Crippen LogP contribution in [0, 0.1) is 5.92 Å². The van der Waals surface area contributed by atoms with E-state index >= 15 is 0 Å². The maximum atomic E-state index is 12.4. The van der Waals surface area contributed by atoms with Crippen molar-refractivity contribution in [3.63, 3.8) is 0 Å². The third kappa shape index (κ3) is 2.75. The summed E-state index contributed by atoms with van der Waals surface area (Å²) in [6.07, 6.45) is 4.49. The smallest absolute Gasteiger partial charge is 0.354 e. The Kier molecular flexibility index (Phi) is 2.97. The van der Waals surface area contributed by atoms with Crippen LogP contribution in [0.1, 0.15) is 46.7 Å². The van der Waals surface area contributed by atoms with E-state index in [0.29, 0.717) is 12.0 Å². The molecule has 1 amide bonds. The van der Waals surface area contributed by atoms with Crippen LogP contribution < -0.4 is 0 Å². The minimum Gasteiger partial charge on any atom is -0.477 e. The molecule has 1 aromatic rings. The van der Waals surface area contributed by atoms with Gasteiger partial charge in [-0.05, 0) is 43.7 Å². The fraction of sp³-hybridized carbons (Fsp3) is 0.500. The number of aromatic nitrogens is 1. The average molecular weight is 260 g/mol. The molecular formula is C14H16N2O3. The minimum atomic E-state index is -1.10. The Morgan fingerprint density at radius 1 is 1.21 bits per heavy atom. The summed E-state index contributed by atoms with van der Waals surface area (Å²) in [4.78, 5) is 29.1. The second-order valence-corrected chi connectivity index (χ2v) is 5.35. The van der Waals surface area contributed by atoms with Crippen molar-refractivity contribution in [2.45, 2.75) is 31.7 Å². The fourth-order valence-corrected chi connectivity index (χ4v) is 2.18. The maximum Gasteiger partial charge on any atom is 0.354 e. The van der Waals surface area contributed by atoms with Gasteiger partial charge in [0.05, 0.1) is 0 Å². The van der Waals surface area contributed by atoms with Gasteiger partial charge in [0.1, 0.15) is 11.4 Å². The third-order valence-corrected chi connectivity index (χ3v) is 3.59. The third-order valence-electron chi connectivity index (χ3n) is 3.59. The van der Waals surface area contributed by atoms with Crippen molar-refractivity contribution in [1.82, 2.24) is 9.88 Å². The average Bonchev–Trinajstić information content (AvgIpc) is 3.27. The molecule has 2 aliphatic carbocycles. The fourth-order valence-electron chi connectivity index (χ4n) is 2.18. The lowest BCUT2D eigenvalue weighted by Gasteiger charge is -2.21. The summed E-state index contributed by atoms with van der Waals surface area (Å²) in [6, 6.07) is 4.91. The monoisotopic (exact) mass is 260 g/mol. The predicted octanol–water partition coefficient (Wildman–Crippen LogP) is 1.79. The highest BCUT2D eigenvalue weighted by Crippen LogP contribution is 2.35. The predicted molar refractivity (Wildman–Crippen MR) is 68.0 cm³/mol. The van der Waals surface area contributed by atoms with Crippen LogP contribution >= 0.6 is 0 Å². The van der Waals surface area contributed by atoms with Crippen molar-refractivity contribution < 1.29 is 14.7 Å². The van der Waals surface area contributed by atoms with Gasteiger partial charge >= 0.3 is 5.97 Å². The summed E-state index contributed by atoms with van der Waals surface area (Å²) >= 11 is 0.